The molecule has 0 bridgehead atoms. The fraction of sp³-hybridized carbons (Fsp3) is 0.818. The first-order chi connectivity index (χ1) is 5.83. The Balaban J connectivity index is 2.19. The standard InChI is InChI=1S/C11H21N/c1-3-7-10(2)12-11-8-5-4-6-9-11/h3,7,10-12H,4-6,8-9H2,1-2H3/b7-3+. The zero-order valence-electron chi connectivity index (χ0n) is 8.34. The van der Waals surface area contributed by atoms with Gasteiger partial charge in [-0.3, -0.25) is 0 Å². The summed E-state index contributed by atoms with van der Waals surface area (Å²) >= 11 is 0. The molecule has 1 nitrogen and oxygen atoms in total. The van der Waals surface area contributed by atoms with Crippen molar-refractivity contribution in [2.75, 3.05) is 0 Å². The fourth-order valence-electron chi connectivity index (χ4n) is 1.99. The van der Waals surface area contributed by atoms with Crippen LogP contribution in [0.2, 0.25) is 0 Å². The van der Waals surface area contributed by atoms with Gasteiger partial charge in [-0.2, -0.15) is 0 Å². The van der Waals surface area contributed by atoms with E-state index in [1.54, 1.807) is 0 Å². The molecule has 1 aliphatic carbocycles. The number of allylic oxidation sites excluding steroid dienone is 1. The fourth-order valence-corrected chi connectivity index (χ4v) is 1.99. The summed E-state index contributed by atoms with van der Waals surface area (Å²) in [6.07, 6.45) is 11.4. The predicted molar refractivity (Wildman–Crippen MR) is 54.3 cm³/mol. The summed E-state index contributed by atoms with van der Waals surface area (Å²) in [6, 6.07) is 1.34. The van der Waals surface area contributed by atoms with Crippen LogP contribution >= 0.6 is 0 Å². The van der Waals surface area contributed by atoms with E-state index in [1.165, 1.54) is 32.1 Å². The van der Waals surface area contributed by atoms with Gasteiger partial charge < -0.3 is 5.32 Å². The Labute approximate surface area is 76.2 Å². The highest BCUT2D eigenvalue weighted by atomic mass is 14.9. The van der Waals surface area contributed by atoms with Crippen molar-refractivity contribution in [2.24, 2.45) is 0 Å². The van der Waals surface area contributed by atoms with Crippen LogP contribution in [0.15, 0.2) is 12.2 Å². The highest BCUT2D eigenvalue weighted by Crippen LogP contribution is 2.17. The Bertz CT molecular complexity index is 134. The average molecular weight is 167 g/mol. The molecule has 0 radical (unpaired) electrons. The van der Waals surface area contributed by atoms with Crippen molar-refractivity contribution < 1.29 is 0 Å². The Hall–Kier alpha value is -0.300. The van der Waals surface area contributed by atoms with Crippen LogP contribution in [0.5, 0.6) is 0 Å². The van der Waals surface area contributed by atoms with Gasteiger partial charge in [-0.15, -0.1) is 0 Å². The van der Waals surface area contributed by atoms with Gasteiger partial charge in [0.15, 0.2) is 0 Å². The van der Waals surface area contributed by atoms with Crippen LogP contribution in [-0.2, 0) is 0 Å². The molecule has 0 heterocycles. The smallest absolute Gasteiger partial charge is 0.0224 e. The van der Waals surface area contributed by atoms with E-state index in [0.717, 1.165) is 6.04 Å². The first-order valence-corrected chi connectivity index (χ1v) is 5.22. The van der Waals surface area contributed by atoms with Gasteiger partial charge in [-0.25, -0.2) is 0 Å². The van der Waals surface area contributed by atoms with Crippen molar-refractivity contribution in [2.45, 2.75) is 58.0 Å². The van der Waals surface area contributed by atoms with E-state index in [1.807, 2.05) is 0 Å². The molecule has 1 rings (SSSR count). The Morgan fingerprint density at radius 3 is 2.50 bits per heavy atom. The molecule has 0 aromatic rings. The molecule has 70 valence electrons. The van der Waals surface area contributed by atoms with Crippen LogP contribution in [0.25, 0.3) is 0 Å². The highest BCUT2D eigenvalue weighted by Gasteiger charge is 2.13. The first kappa shape index (κ1) is 9.79. The summed E-state index contributed by atoms with van der Waals surface area (Å²) in [4.78, 5) is 0. The van der Waals surface area contributed by atoms with Gasteiger partial charge >= 0.3 is 0 Å². The van der Waals surface area contributed by atoms with Crippen LogP contribution in [-0.4, -0.2) is 12.1 Å². The molecular formula is C11H21N. The average Bonchev–Trinajstić information content (AvgIpc) is 2.06. The zero-order chi connectivity index (χ0) is 8.81. The molecule has 0 amide bonds. The normalized spacial score (nSPS) is 23.2. The second kappa shape index (κ2) is 5.36. The number of hydrogen-bond acceptors (Lipinski definition) is 1. The van der Waals surface area contributed by atoms with Crippen molar-refractivity contribution in [3.8, 4) is 0 Å². The third-order valence-corrected chi connectivity index (χ3v) is 2.58. The second-order valence-corrected chi connectivity index (χ2v) is 3.82. The van der Waals surface area contributed by atoms with Crippen LogP contribution in [0.1, 0.15) is 46.0 Å². The highest BCUT2D eigenvalue weighted by molar-refractivity contribution is 4.90. The van der Waals surface area contributed by atoms with Crippen LogP contribution < -0.4 is 5.32 Å². The number of rotatable bonds is 3. The summed E-state index contributed by atoms with van der Waals surface area (Å²) in [5.41, 5.74) is 0. The van der Waals surface area contributed by atoms with E-state index in [4.69, 9.17) is 0 Å². The second-order valence-electron chi connectivity index (χ2n) is 3.82. The quantitative estimate of drug-likeness (QED) is 0.637. The number of hydrogen-bond donors (Lipinski definition) is 1. The molecule has 1 saturated carbocycles. The van der Waals surface area contributed by atoms with E-state index in [9.17, 15) is 0 Å². The lowest BCUT2D eigenvalue weighted by Crippen LogP contribution is -2.36. The van der Waals surface area contributed by atoms with Gasteiger partial charge in [0.1, 0.15) is 0 Å². The lowest BCUT2D eigenvalue weighted by atomic mass is 9.95. The largest absolute Gasteiger partial charge is 0.308 e. The maximum Gasteiger partial charge on any atom is 0.0224 e. The van der Waals surface area contributed by atoms with E-state index >= 15 is 0 Å². The molecule has 1 heteroatoms. The van der Waals surface area contributed by atoms with Crippen molar-refractivity contribution in [1.29, 1.82) is 0 Å². The lowest BCUT2D eigenvalue weighted by molar-refractivity contribution is 0.361. The van der Waals surface area contributed by atoms with E-state index in [0.29, 0.717) is 6.04 Å². The third kappa shape index (κ3) is 3.40. The molecule has 0 saturated heterocycles. The van der Waals surface area contributed by atoms with E-state index in [2.05, 4.69) is 31.3 Å². The van der Waals surface area contributed by atoms with Crippen LogP contribution in [0.4, 0.5) is 0 Å². The van der Waals surface area contributed by atoms with Crippen molar-refractivity contribution in [3.05, 3.63) is 12.2 Å². The summed E-state index contributed by atoms with van der Waals surface area (Å²) in [5.74, 6) is 0. The minimum atomic E-state index is 0.554. The topological polar surface area (TPSA) is 12.0 Å². The van der Waals surface area contributed by atoms with E-state index in [-0.39, 0.29) is 0 Å². The van der Waals surface area contributed by atoms with Gasteiger partial charge in [0, 0.05) is 12.1 Å². The van der Waals surface area contributed by atoms with Crippen LogP contribution in [0, 0.1) is 0 Å². The summed E-state index contributed by atoms with van der Waals surface area (Å²) in [7, 11) is 0. The van der Waals surface area contributed by atoms with Gasteiger partial charge in [-0.05, 0) is 26.7 Å². The molecule has 0 spiro atoms. The van der Waals surface area contributed by atoms with Crippen molar-refractivity contribution >= 4 is 0 Å². The molecule has 1 fully saturated rings. The molecular weight excluding hydrogens is 146 g/mol. The summed E-state index contributed by atoms with van der Waals surface area (Å²) in [5, 5.41) is 3.63. The van der Waals surface area contributed by atoms with Crippen molar-refractivity contribution in [1.82, 2.24) is 5.32 Å². The van der Waals surface area contributed by atoms with Gasteiger partial charge in [-0.1, -0.05) is 31.4 Å². The molecule has 1 atom stereocenters. The van der Waals surface area contributed by atoms with Gasteiger partial charge in [0.25, 0.3) is 0 Å². The van der Waals surface area contributed by atoms with Gasteiger partial charge in [0.05, 0.1) is 0 Å². The lowest BCUT2D eigenvalue weighted by Gasteiger charge is -2.25. The number of nitrogens with one attached hydrogen (secondary N) is 1. The molecule has 1 unspecified atom stereocenters. The SMILES string of the molecule is C/C=C/C(C)NC1CCCCC1. The molecule has 12 heavy (non-hydrogen) atoms. The van der Waals surface area contributed by atoms with Gasteiger partial charge in [0.2, 0.25) is 0 Å². The molecule has 0 aromatic heterocycles. The monoisotopic (exact) mass is 167 g/mol. The molecule has 1 aliphatic rings. The van der Waals surface area contributed by atoms with Crippen LogP contribution in [0.3, 0.4) is 0 Å². The molecule has 0 aliphatic heterocycles. The summed E-state index contributed by atoms with van der Waals surface area (Å²) in [6.45, 7) is 4.31. The van der Waals surface area contributed by atoms with E-state index < -0.39 is 0 Å². The van der Waals surface area contributed by atoms with Crippen molar-refractivity contribution in [3.63, 3.8) is 0 Å². The Morgan fingerprint density at radius 2 is 1.92 bits per heavy atom. The molecule has 1 N–H and O–H groups in total. The maximum absolute atomic E-state index is 3.63. The maximum atomic E-state index is 3.63. The predicted octanol–water partition coefficient (Wildman–Crippen LogP) is 2.87. The minimum Gasteiger partial charge on any atom is -0.308 e. The first-order valence-electron chi connectivity index (χ1n) is 5.22. The summed E-state index contributed by atoms with van der Waals surface area (Å²) < 4.78 is 0. The molecule has 0 aromatic carbocycles. The zero-order valence-corrected chi connectivity index (χ0v) is 8.34. The Morgan fingerprint density at radius 1 is 1.25 bits per heavy atom. The minimum absolute atomic E-state index is 0.554. The Kier molecular flexibility index (Phi) is 4.37. The third-order valence-electron chi connectivity index (χ3n) is 2.58.